The van der Waals surface area contributed by atoms with Crippen molar-refractivity contribution in [1.82, 2.24) is 5.32 Å². The van der Waals surface area contributed by atoms with Gasteiger partial charge in [0, 0.05) is 19.7 Å². The van der Waals surface area contributed by atoms with Gasteiger partial charge in [-0.2, -0.15) is 0 Å². The molecular weight excluding hydrogens is 298 g/mol. The molecule has 118 valence electrons. The standard InChI is InChI=1S/C18H22ClNO2/c1-13-5-2-3-6-15(13)9-14(12-21)10-20-11-16-7-4-8-17(22)18(16)19/h2-8,14,20-22H,9-12H2,1H3. The monoisotopic (exact) mass is 319 g/mol. The fourth-order valence-electron chi connectivity index (χ4n) is 2.47. The Balaban J connectivity index is 1.89. The first-order valence-electron chi connectivity index (χ1n) is 7.44. The topological polar surface area (TPSA) is 52.5 Å². The second-order valence-electron chi connectivity index (χ2n) is 5.56. The Morgan fingerprint density at radius 3 is 2.55 bits per heavy atom. The maximum atomic E-state index is 9.58. The number of aliphatic hydroxyl groups is 1. The third-order valence-electron chi connectivity index (χ3n) is 3.83. The summed E-state index contributed by atoms with van der Waals surface area (Å²) in [5.74, 6) is 0.247. The van der Waals surface area contributed by atoms with Gasteiger partial charge in [0.15, 0.2) is 0 Å². The van der Waals surface area contributed by atoms with Gasteiger partial charge in [-0.1, -0.05) is 48.0 Å². The molecule has 3 nitrogen and oxygen atoms in total. The average molecular weight is 320 g/mol. The van der Waals surface area contributed by atoms with E-state index >= 15 is 0 Å². The Morgan fingerprint density at radius 2 is 1.82 bits per heavy atom. The molecule has 1 atom stereocenters. The van der Waals surface area contributed by atoms with Gasteiger partial charge in [0.1, 0.15) is 5.75 Å². The van der Waals surface area contributed by atoms with Crippen molar-refractivity contribution in [3.05, 3.63) is 64.2 Å². The Morgan fingerprint density at radius 1 is 1.09 bits per heavy atom. The molecule has 2 aromatic carbocycles. The molecule has 0 aliphatic rings. The first kappa shape index (κ1) is 16.8. The molecule has 2 rings (SSSR count). The number of aliphatic hydroxyl groups excluding tert-OH is 1. The van der Waals surface area contributed by atoms with Crippen LogP contribution in [0.2, 0.25) is 5.02 Å². The molecular formula is C18H22ClNO2. The second kappa shape index (κ2) is 8.18. The van der Waals surface area contributed by atoms with Crippen LogP contribution in [0.3, 0.4) is 0 Å². The van der Waals surface area contributed by atoms with Gasteiger partial charge in [0.05, 0.1) is 5.02 Å². The number of halogens is 1. The molecule has 3 N–H and O–H groups in total. The molecule has 0 saturated heterocycles. The van der Waals surface area contributed by atoms with Crippen LogP contribution in [0.25, 0.3) is 0 Å². The van der Waals surface area contributed by atoms with Gasteiger partial charge in [-0.05, 0) is 42.0 Å². The summed E-state index contributed by atoms with van der Waals surface area (Å²) >= 11 is 6.05. The van der Waals surface area contributed by atoms with Crippen molar-refractivity contribution in [3.8, 4) is 5.75 Å². The maximum Gasteiger partial charge on any atom is 0.134 e. The average Bonchev–Trinajstić information content (AvgIpc) is 2.52. The summed E-state index contributed by atoms with van der Waals surface area (Å²) in [7, 11) is 0. The summed E-state index contributed by atoms with van der Waals surface area (Å²) in [4.78, 5) is 0. The molecule has 22 heavy (non-hydrogen) atoms. The van der Waals surface area contributed by atoms with E-state index in [9.17, 15) is 10.2 Å². The minimum atomic E-state index is 0.0968. The van der Waals surface area contributed by atoms with E-state index in [4.69, 9.17) is 11.6 Å². The van der Waals surface area contributed by atoms with Crippen molar-refractivity contribution < 1.29 is 10.2 Å². The number of rotatable bonds is 7. The zero-order chi connectivity index (χ0) is 15.9. The van der Waals surface area contributed by atoms with Crippen LogP contribution in [-0.4, -0.2) is 23.4 Å². The van der Waals surface area contributed by atoms with E-state index in [1.165, 1.54) is 11.1 Å². The molecule has 0 aliphatic heterocycles. The van der Waals surface area contributed by atoms with Gasteiger partial charge in [-0.3, -0.25) is 0 Å². The number of aryl methyl sites for hydroxylation is 1. The molecule has 0 saturated carbocycles. The highest BCUT2D eigenvalue weighted by Gasteiger charge is 2.11. The van der Waals surface area contributed by atoms with Crippen molar-refractivity contribution in [2.75, 3.05) is 13.2 Å². The van der Waals surface area contributed by atoms with Gasteiger partial charge in [0.25, 0.3) is 0 Å². The second-order valence-corrected chi connectivity index (χ2v) is 5.94. The highest BCUT2D eigenvalue weighted by atomic mass is 35.5. The van der Waals surface area contributed by atoms with Crippen molar-refractivity contribution in [1.29, 1.82) is 0 Å². The first-order chi connectivity index (χ1) is 10.6. The van der Waals surface area contributed by atoms with Crippen molar-refractivity contribution >= 4 is 11.6 Å². The number of nitrogens with one attached hydrogen (secondary N) is 1. The number of aromatic hydroxyl groups is 1. The number of hydrogen-bond donors (Lipinski definition) is 3. The summed E-state index contributed by atoms with van der Waals surface area (Å²) in [6, 6.07) is 13.5. The van der Waals surface area contributed by atoms with E-state index in [1.54, 1.807) is 12.1 Å². The largest absolute Gasteiger partial charge is 0.506 e. The summed E-state index contributed by atoms with van der Waals surface area (Å²) in [5, 5.41) is 22.8. The fraction of sp³-hybridized carbons (Fsp3) is 0.333. The van der Waals surface area contributed by atoms with Crippen LogP contribution >= 0.6 is 11.6 Å². The maximum absolute atomic E-state index is 9.58. The van der Waals surface area contributed by atoms with E-state index in [-0.39, 0.29) is 18.3 Å². The molecule has 0 amide bonds. The van der Waals surface area contributed by atoms with Crippen molar-refractivity contribution in [2.24, 2.45) is 5.92 Å². The van der Waals surface area contributed by atoms with Gasteiger partial charge in [-0.15, -0.1) is 0 Å². The number of phenols is 1. The lowest BCUT2D eigenvalue weighted by atomic mass is 9.96. The summed E-state index contributed by atoms with van der Waals surface area (Å²) in [6.45, 7) is 3.48. The van der Waals surface area contributed by atoms with Crippen LogP contribution in [0.1, 0.15) is 16.7 Å². The van der Waals surface area contributed by atoms with E-state index in [1.807, 2.05) is 18.2 Å². The van der Waals surface area contributed by atoms with Gasteiger partial charge in [0.2, 0.25) is 0 Å². The van der Waals surface area contributed by atoms with Crippen LogP contribution in [0.5, 0.6) is 5.75 Å². The molecule has 1 unspecified atom stereocenters. The third-order valence-corrected chi connectivity index (χ3v) is 4.27. The quantitative estimate of drug-likeness (QED) is 0.734. The predicted molar refractivity (Wildman–Crippen MR) is 90.3 cm³/mol. The third kappa shape index (κ3) is 4.47. The molecule has 0 aliphatic carbocycles. The lowest BCUT2D eigenvalue weighted by Crippen LogP contribution is -2.26. The van der Waals surface area contributed by atoms with Crippen LogP contribution in [0.15, 0.2) is 42.5 Å². The smallest absolute Gasteiger partial charge is 0.134 e. The predicted octanol–water partition coefficient (Wildman–Crippen LogP) is 3.29. The Hall–Kier alpha value is -1.55. The molecule has 0 fully saturated rings. The lowest BCUT2D eigenvalue weighted by Gasteiger charge is -2.17. The first-order valence-corrected chi connectivity index (χ1v) is 7.82. The molecule has 4 heteroatoms. The van der Waals surface area contributed by atoms with Crippen LogP contribution in [-0.2, 0) is 13.0 Å². The zero-order valence-corrected chi connectivity index (χ0v) is 13.5. The van der Waals surface area contributed by atoms with E-state index in [2.05, 4.69) is 24.4 Å². The normalized spacial score (nSPS) is 12.3. The minimum Gasteiger partial charge on any atom is -0.506 e. The van der Waals surface area contributed by atoms with Crippen molar-refractivity contribution in [3.63, 3.8) is 0 Å². The fourth-order valence-corrected chi connectivity index (χ4v) is 2.66. The SMILES string of the molecule is Cc1ccccc1CC(CO)CNCc1cccc(O)c1Cl. The number of phenolic OH excluding ortho intramolecular Hbond substituents is 1. The minimum absolute atomic E-state index is 0.0968. The highest BCUT2D eigenvalue weighted by molar-refractivity contribution is 6.32. The Bertz CT molecular complexity index is 616. The van der Waals surface area contributed by atoms with Gasteiger partial charge in [-0.25, -0.2) is 0 Å². The summed E-state index contributed by atoms with van der Waals surface area (Å²) in [5.41, 5.74) is 3.37. The molecule has 0 spiro atoms. The summed E-state index contributed by atoms with van der Waals surface area (Å²) < 4.78 is 0. The van der Waals surface area contributed by atoms with Crippen LogP contribution in [0, 0.1) is 12.8 Å². The molecule has 2 aromatic rings. The molecule has 0 bridgehead atoms. The highest BCUT2D eigenvalue weighted by Crippen LogP contribution is 2.26. The van der Waals surface area contributed by atoms with Gasteiger partial charge < -0.3 is 15.5 Å². The van der Waals surface area contributed by atoms with E-state index in [0.29, 0.717) is 18.1 Å². The number of benzene rings is 2. The van der Waals surface area contributed by atoms with Crippen LogP contribution < -0.4 is 5.32 Å². The molecule has 0 aromatic heterocycles. The Labute approximate surface area is 136 Å². The Kier molecular flexibility index (Phi) is 6.25. The lowest BCUT2D eigenvalue weighted by molar-refractivity contribution is 0.221. The summed E-state index contributed by atoms with van der Waals surface area (Å²) in [6.07, 6.45) is 0.837. The van der Waals surface area contributed by atoms with Gasteiger partial charge >= 0.3 is 0 Å². The number of hydrogen-bond acceptors (Lipinski definition) is 3. The van der Waals surface area contributed by atoms with E-state index < -0.39 is 0 Å². The van der Waals surface area contributed by atoms with Crippen LogP contribution in [0.4, 0.5) is 0 Å². The van der Waals surface area contributed by atoms with Crippen molar-refractivity contribution in [2.45, 2.75) is 19.9 Å². The molecule has 0 radical (unpaired) electrons. The van der Waals surface area contributed by atoms with E-state index in [0.717, 1.165) is 12.0 Å². The molecule has 0 heterocycles. The zero-order valence-electron chi connectivity index (χ0n) is 12.7.